The van der Waals surface area contributed by atoms with Crippen LogP contribution in [0.15, 0.2) is 12.1 Å². The van der Waals surface area contributed by atoms with Crippen molar-refractivity contribution in [2.75, 3.05) is 20.3 Å². The zero-order valence-corrected chi connectivity index (χ0v) is 11.0. The molecule has 0 aromatic heterocycles. The van der Waals surface area contributed by atoms with Gasteiger partial charge < -0.3 is 10.1 Å². The summed E-state index contributed by atoms with van der Waals surface area (Å²) in [6.45, 7) is 2.33. The van der Waals surface area contributed by atoms with Crippen LogP contribution in [0.3, 0.4) is 0 Å². The molecule has 0 amide bonds. The van der Waals surface area contributed by atoms with Crippen LogP contribution in [0.25, 0.3) is 0 Å². The number of aryl methyl sites for hydroxylation is 1. The lowest BCUT2D eigenvalue weighted by Gasteiger charge is -2.41. The van der Waals surface area contributed by atoms with Crippen molar-refractivity contribution in [3.05, 3.63) is 34.1 Å². The van der Waals surface area contributed by atoms with Crippen LogP contribution in [0.2, 0.25) is 5.02 Å². The molecule has 0 spiro atoms. The molecule has 0 aliphatic carbocycles. The third-order valence-electron chi connectivity index (χ3n) is 3.37. The van der Waals surface area contributed by atoms with Crippen molar-refractivity contribution < 1.29 is 9.13 Å². The van der Waals surface area contributed by atoms with E-state index in [9.17, 15) is 9.65 Å². The summed E-state index contributed by atoms with van der Waals surface area (Å²) in [4.78, 5) is 0. The Morgan fingerprint density at radius 3 is 2.67 bits per heavy atom. The molecule has 0 bridgehead atoms. The van der Waals surface area contributed by atoms with E-state index in [1.54, 1.807) is 20.0 Å². The van der Waals surface area contributed by atoms with Crippen molar-refractivity contribution in [1.29, 1.82) is 5.26 Å². The predicted molar refractivity (Wildman–Crippen MR) is 66.8 cm³/mol. The number of halogens is 2. The monoisotopic (exact) mass is 268 g/mol. The molecule has 1 aliphatic heterocycles. The van der Waals surface area contributed by atoms with Crippen molar-refractivity contribution in [3.63, 3.8) is 0 Å². The fourth-order valence-corrected chi connectivity index (χ4v) is 2.56. The van der Waals surface area contributed by atoms with E-state index in [-0.39, 0.29) is 11.9 Å². The molecular formula is C13H14ClFN2O. The van der Waals surface area contributed by atoms with Crippen LogP contribution in [0.5, 0.6) is 0 Å². The van der Waals surface area contributed by atoms with Crippen molar-refractivity contribution in [1.82, 2.24) is 5.32 Å². The molecule has 1 atom stereocenters. The molecule has 0 saturated carbocycles. The van der Waals surface area contributed by atoms with Gasteiger partial charge in [0.05, 0.1) is 25.3 Å². The van der Waals surface area contributed by atoms with Gasteiger partial charge in [-0.2, -0.15) is 5.26 Å². The highest BCUT2D eigenvalue weighted by Gasteiger charge is 2.47. The van der Waals surface area contributed by atoms with E-state index in [4.69, 9.17) is 16.3 Å². The highest BCUT2D eigenvalue weighted by molar-refractivity contribution is 6.31. The van der Waals surface area contributed by atoms with E-state index in [2.05, 4.69) is 11.4 Å². The maximum Gasteiger partial charge on any atom is 0.126 e. The van der Waals surface area contributed by atoms with Crippen LogP contribution >= 0.6 is 11.6 Å². The average molecular weight is 269 g/mol. The van der Waals surface area contributed by atoms with Gasteiger partial charge in [0.25, 0.3) is 0 Å². The number of ether oxygens (including phenoxy) is 1. The van der Waals surface area contributed by atoms with E-state index in [1.807, 2.05) is 0 Å². The molecule has 96 valence electrons. The number of benzene rings is 1. The van der Waals surface area contributed by atoms with Crippen LogP contribution in [0.4, 0.5) is 4.39 Å². The molecule has 18 heavy (non-hydrogen) atoms. The minimum atomic E-state index is -0.667. The van der Waals surface area contributed by atoms with Crippen molar-refractivity contribution in [3.8, 4) is 6.07 Å². The number of rotatable bonds is 3. The van der Waals surface area contributed by atoms with E-state index >= 15 is 0 Å². The molecule has 1 fully saturated rings. The zero-order valence-electron chi connectivity index (χ0n) is 10.3. The van der Waals surface area contributed by atoms with Crippen molar-refractivity contribution in [2.24, 2.45) is 5.41 Å². The first-order valence-electron chi connectivity index (χ1n) is 5.66. The topological polar surface area (TPSA) is 45.0 Å². The Bertz CT molecular complexity index is 508. The fourth-order valence-electron chi connectivity index (χ4n) is 2.23. The SMILES string of the molecule is CNC(c1cc(F)c(C)cc1Cl)C1(C#N)COC1. The summed E-state index contributed by atoms with van der Waals surface area (Å²) in [7, 11) is 1.73. The Hall–Kier alpha value is -1.15. The second-order valence-electron chi connectivity index (χ2n) is 4.61. The molecule has 1 N–H and O–H groups in total. The Kier molecular flexibility index (Phi) is 3.58. The molecule has 1 unspecified atom stereocenters. The minimum Gasteiger partial charge on any atom is -0.378 e. The second-order valence-corrected chi connectivity index (χ2v) is 5.01. The van der Waals surface area contributed by atoms with Gasteiger partial charge >= 0.3 is 0 Å². The van der Waals surface area contributed by atoms with Gasteiger partial charge in [-0.1, -0.05) is 11.6 Å². The first-order chi connectivity index (χ1) is 8.54. The first kappa shape index (κ1) is 13.3. The van der Waals surface area contributed by atoms with E-state index in [0.29, 0.717) is 29.4 Å². The average Bonchev–Trinajstić information content (AvgIpc) is 2.29. The van der Waals surface area contributed by atoms with Crippen LogP contribution in [0, 0.1) is 29.5 Å². The lowest BCUT2D eigenvalue weighted by molar-refractivity contribution is -0.0964. The zero-order chi connectivity index (χ0) is 13.3. The standard InChI is InChI=1S/C13H14ClFN2O/c1-8-3-10(14)9(4-11(8)15)12(17-2)13(5-16)6-18-7-13/h3-4,12,17H,6-7H2,1-2H3. The Balaban J connectivity index is 2.46. The second kappa shape index (κ2) is 4.85. The normalized spacial score (nSPS) is 18.8. The molecular weight excluding hydrogens is 255 g/mol. The van der Waals surface area contributed by atoms with Gasteiger partial charge in [0.1, 0.15) is 11.2 Å². The van der Waals surface area contributed by atoms with E-state index in [1.165, 1.54) is 6.07 Å². The Labute approximate surface area is 111 Å². The molecule has 1 aromatic carbocycles. The minimum absolute atomic E-state index is 0.317. The number of nitrogens with zero attached hydrogens (tertiary/aromatic N) is 1. The van der Waals surface area contributed by atoms with E-state index < -0.39 is 5.41 Å². The quantitative estimate of drug-likeness (QED) is 0.916. The molecule has 1 aliphatic rings. The van der Waals surface area contributed by atoms with Crippen molar-refractivity contribution in [2.45, 2.75) is 13.0 Å². The molecule has 0 radical (unpaired) electrons. The summed E-state index contributed by atoms with van der Waals surface area (Å²) < 4.78 is 18.8. The van der Waals surface area contributed by atoms with Crippen molar-refractivity contribution >= 4 is 11.6 Å². The fraction of sp³-hybridized carbons (Fsp3) is 0.462. The molecule has 1 heterocycles. The molecule has 2 rings (SSSR count). The number of hydrogen-bond donors (Lipinski definition) is 1. The van der Waals surface area contributed by atoms with Crippen LogP contribution in [0.1, 0.15) is 17.2 Å². The van der Waals surface area contributed by atoms with E-state index in [0.717, 1.165) is 0 Å². The third kappa shape index (κ3) is 1.99. The van der Waals surface area contributed by atoms with Gasteiger partial charge in [-0.15, -0.1) is 0 Å². The van der Waals surface area contributed by atoms with Crippen LogP contribution in [-0.4, -0.2) is 20.3 Å². The lowest BCUT2D eigenvalue weighted by Crippen LogP contribution is -2.50. The van der Waals surface area contributed by atoms with Crippen LogP contribution < -0.4 is 5.32 Å². The Morgan fingerprint density at radius 1 is 1.56 bits per heavy atom. The summed E-state index contributed by atoms with van der Waals surface area (Å²) in [5.41, 5.74) is 0.432. The maximum absolute atomic E-state index is 13.7. The molecule has 1 aromatic rings. The van der Waals surface area contributed by atoms with Gasteiger partial charge in [0.2, 0.25) is 0 Å². The number of hydrogen-bond acceptors (Lipinski definition) is 3. The van der Waals surface area contributed by atoms with Gasteiger partial charge in [0.15, 0.2) is 0 Å². The van der Waals surface area contributed by atoms with Crippen LogP contribution in [-0.2, 0) is 4.74 Å². The van der Waals surface area contributed by atoms with Gasteiger partial charge in [-0.3, -0.25) is 0 Å². The van der Waals surface area contributed by atoms with Gasteiger partial charge in [-0.25, -0.2) is 4.39 Å². The third-order valence-corrected chi connectivity index (χ3v) is 3.70. The molecule has 5 heteroatoms. The maximum atomic E-state index is 13.7. The smallest absolute Gasteiger partial charge is 0.126 e. The van der Waals surface area contributed by atoms with Gasteiger partial charge in [0, 0.05) is 5.02 Å². The highest BCUT2D eigenvalue weighted by atomic mass is 35.5. The molecule has 3 nitrogen and oxygen atoms in total. The summed E-state index contributed by atoms with van der Waals surface area (Å²) in [5.74, 6) is -0.317. The number of nitriles is 1. The number of nitrogens with one attached hydrogen (secondary N) is 1. The molecule has 1 saturated heterocycles. The summed E-state index contributed by atoms with van der Waals surface area (Å²) >= 11 is 6.16. The summed E-state index contributed by atoms with van der Waals surface area (Å²) in [6.07, 6.45) is 0. The highest BCUT2D eigenvalue weighted by Crippen LogP contribution is 2.42. The first-order valence-corrected chi connectivity index (χ1v) is 6.03. The lowest BCUT2D eigenvalue weighted by atomic mass is 9.76. The summed E-state index contributed by atoms with van der Waals surface area (Å²) in [5, 5.41) is 12.8. The Morgan fingerprint density at radius 2 is 2.22 bits per heavy atom. The predicted octanol–water partition coefficient (Wildman–Crippen LogP) is 2.59. The summed E-state index contributed by atoms with van der Waals surface area (Å²) in [6, 6.07) is 4.91. The largest absolute Gasteiger partial charge is 0.378 e. The van der Waals surface area contributed by atoms with Gasteiger partial charge in [-0.05, 0) is 37.2 Å².